The monoisotopic (exact) mass is 374 g/mol. The molecule has 128 valence electrons. The van der Waals surface area contributed by atoms with Crippen LogP contribution < -0.4 is 10.5 Å². The molecule has 0 heterocycles. The van der Waals surface area contributed by atoms with Crippen molar-refractivity contribution in [1.29, 1.82) is 0 Å². The third-order valence-corrected chi connectivity index (χ3v) is 5.55. The summed E-state index contributed by atoms with van der Waals surface area (Å²) in [4.78, 5) is 0. The van der Waals surface area contributed by atoms with Crippen LogP contribution in [-0.4, -0.2) is 15.3 Å². The molecule has 1 rings (SSSR count). The second-order valence-corrected chi connectivity index (χ2v) is 9.07. The molecule has 0 unspecified atom stereocenters. The van der Waals surface area contributed by atoms with E-state index in [-0.39, 0.29) is 10.8 Å². The van der Waals surface area contributed by atoms with Crippen molar-refractivity contribution in [3.05, 3.63) is 45.5 Å². The van der Waals surface area contributed by atoms with E-state index >= 15 is 0 Å². The quantitative estimate of drug-likeness (QED) is 0.438. The van der Waals surface area contributed by atoms with Crippen LogP contribution in [0.2, 0.25) is 5.02 Å². The fourth-order valence-corrected chi connectivity index (χ4v) is 3.01. The van der Waals surface area contributed by atoms with Gasteiger partial charge in [0, 0.05) is 27.1 Å². The number of hydrogen-bond donors (Lipinski definition) is 2. The summed E-state index contributed by atoms with van der Waals surface area (Å²) in [7, 11) is 0. The van der Waals surface area contributed by atoms with E-state index in [0.29, 0.717) is 15.7 Å². The Morgan fingerprint density at radius 2 is 2.00 bits per heavy atom. The number of rotatable bonds is 5. The van der Waals surface area contributed by atoms with Crippen molar-refractivity contribution in [2.75, 3.05) is 5.73 Å². The second-order valence-electron chi connectivity index (χ2n) is 6.23. The molecule has 0 saturated carbocycles. The topological polar surface area (TPSA) is 61.1 Å². The molecule has 1 aromatic rings. The van der Waals surface area contributed by atoms with E-state index in [0.717, 1.165) is 11.1 Å². The Morgan fingerprint density at radius 1 is 1.39 bits per heavy atom. The Hall–Kier alpha value is -0.650. The highest BCUT2D eigenvalue weighted by Crippen LogP contribution is 2.27. The van der Waals surface area contributed by atoms with E-state index in [2.05, 4.69) is 4.72 Å². The Labute approximate surface area is 152 Å². The van der Waals surface area contributed by atoms with Crippen molar-refractivity contribution in [3.8, 4) is 0 Å². The predicted molar refractivity (Wildman–Crippen MR) is 104 cm³/mol. The summed E-state index contributed by atoms with van der Waals surface area (Å²) in [5.74, 6) is 0. The van der Waals surface area contributed by atoms with E-state index in [9.17, 15) is 4.55 Å². The summed E-state index contributed by atoms with van der Waals surface area (Å²) in [5.41, 5.74) is 8.20. The highest BCUT2D eigenvalue weighted by atomic mass is 35.5. The van der Waals surface area contributed by atoms with Crippen molar-refractivity contribution in [3.63, 3.8) is 0 Å². The van der Waals surface area contributed by atoms with Gasteiger partial charge in [-0.05, 0) is 70.0 Å². The molecule has 0 spiro atoms. The number of allylic oxidation sites excluding steroid dienone is 1. The Morgan fingerprint density at radius 3 is 2.52 bits per heavy atom. The van der Waals surface area contributed by atoms with Crippen LogP contribution in [0.3, 0.4) is 0 Å². The average molecular weight is 375 g/mol. The molecule has 0 amide bonds. The zero-order valence-electron chi connectivity index (χ0n) is 14.1. The summed E-state index contributed by atoms with van der Waals surface area (Å²) in [5, 5.41) is 1.18. The van der Waals surface area contributed by atoms with Crippen molar-refractivity contribution in [2.24, 2.45) is 0 Å². The van der Waals surface area contributed by atoms with E-state index in [4.69, 9.17) is 28.9 Å². The first-order chi connectivity index (χ1) is 10.6. The first kappa shape index (κ1) is 20.4. The van der Waals surface area contributed by atoms with Crippen LogP contribution in [0.4, 0.5) is 5.69 Å². The van der Waals surface area contributed by atoms with Gasteiger partial charge in [0.25, 0.3) is 0 Å². The van der Waals surface area contributed by atoms with Gasteiger partial charge in [0.2, 0.25) is 0 Å². The van der Waals surface area contributed by atoms with Crippen LogP contribution in [0.1, 0.15) is 40.2 Å². The number of anilines is 1. The maximum Gasteiger partial charge on any atom is 0.136 e. The molecule has 6 heteroatoms. The van der Waals surface area contributed by atoms with E-state index in [1.165, 1.54) is 0 Å². The molecular weight excluding hydrogens is 351 g/mol. The molecule has 3 N–H and O–H groups in total. The number of nitrogens with one attached hydrogen (secondary N) is 1. The maximum absolute atomic E-state index is 12.3. The first-order valence-corrected chi connectivity index (χ1v) is 9.23. The van der Waals surface area contributed by atoms with Gasteiger partial charge in [0.05, 0.1) is 6.04 Å². The highest BCUT2D eigenvalue weighted by Gasteiger charge is 2.29. The van der Waals surface area contributed by atoms with Gasteiger partial charge in [-0.3, -0.25) is 0 Å². The number of benzene rings is 1. The lowest BCUT2D eigenvalue weighted by Crippen LogP contribution is -2.44. The van der Waals surface area contributed by atoms with Crippen LogP contribution >= 0.6 is 23.2 Å². The maximum atomic E-state index is 12.3. The predicted octanol–water partition coefficient (Wildman–Crippen LogP) is 4.89. The first-order valence-electron chi connectivity index (χ1n) is 7.33. The molecule has 1 aromatic carbocycles. The highest BCUT2D eigenvalue weighted by molar-refractivity contribution is 7.90. The molecule has 0 bridgehead atoms. The SMILES string of the molecule is C/C=C(Cl)\C(=C/c1cc(Cl)ccc1N)[C@H](C)N[S@+]([O-])C(C)(C)C. The van der Waals surface area contributed by atoms with Crippen LogP contribution in [-0.2, 0) is 11.4 Å². The van der Waals surface area contributed by atoms with Gasteiger partial charge in [-0.15, -0.1) is 4.72 Å². The molecule has 0 fully saturated rings. The minimum atomic E-state index is -1.21. The molecule has 0 aliphatic rings. The fraction of sp³-hybridized carbons (Fsp3) is 0.412. The average Bonchev–Trinajstić information content (AvgIpc) is 2.46. The van der Waals surface area contributed by atoms with Crippen molar-refractivity contribution in [2.45, 2.75) is 45.4 Å². The minimum absolute atomic E-state index is 0.211. The number of halogens is 2. The lowest BCUT2D eigenvalue weighted by molar-refractivity contribution is 0.537. The summed E-state index contributed by atoms with van der Waals surface area (Å²) in [6.45, 7) is 9.52. The molecule has 0 aromatic heterocycles. The molecule has 0 radical (unpaired) electrons. The van der Waals surface area contributed by atoms with Gasteiger partial charge in [-0.2, -0.15) is 0 Å². The van der Waals surface area contributed by atoms with Crippen LogP contribution in [0.15, 0.2) is 34.9 Å². The molecule has 2 atom stereocenters. The summed E-state index contributed by atoms with van der Waals surface area (Å²) >= 11 is 11.2. The van der Waals surface area contributed by atoms with Crippen molar-refractivity contribution >= 4 is 46.3 Å². The van der Waals surface area contributed by atoms with Crippen LogP contribution in [0, 0.1) is 0 Å². The third-order valence-electron chi connectivity index (χ3n) is 3.20. The Balaban J connectivity index is 3.19. The normalized spacial score (nSPS) is 16.3. The molecule has 0 saturated heterocycles. The van der Waals surface area contributed by atoms with Gasteiger partial charge in [-0.1, -0.05) is 29.3 Å². The van der Waals surface area contributed by atoms with Gasteiger partial charge in [0.15, 0.2) is 0 Å². The smallest absolute Gasteiger partial charge is 0.136 e. The molecule has 3 nitrogen and oxygen atoms in total. The zero-order valence-corrected chi connectivity index (χ0v) is 16.4. The largest absolute Gasteiger partial charge is 0.598 e. The molecule has 0 aliphatic heterocycles. The van der Waals surface area contributed by atoms with Gasteiger partial charge in [-0.25, -0.2) is 0 Å². The minimum Gasteiger partial charge on any atom is -0.598 e. The lowest BCUT2D eigenvalue weighted by Gasteiger charge is -2.27. The molecule has 0 aliphatic carbocycles. The number of hydrogen-bond acceptors (Lipinski definition) is 3. The number of nitrogen functional groups attached to an aromatic ring is 1. The van der Waals surface area contributed by atoms with E-state index in [1.807, 2.05) is 40.7 Å². The number of nitrogens with two attached hydrogens (primary N) is 1. The van der Waals surface area contributed by atoms with Crippen LogP contribution in [0.5, 0.6) is 0 Å². The Kier molecular flexibility index (Phi) is 7.49. The van der Waals surface area contributed by atoms with Gasteiger partial charge < -0.3 is 10.3 Å². The van der Waals surface area contributed by atoms with Crippen molar-refractivity contribution < 1.29 is 4.55 Å². The lowest BCUT2D eigenvalue weighted by atomic mass is 10.0. The fourth-order valence-electron chi connectivity index (χ4n) is 1.81. The van der Waals surface area contributed by atoms with Gasteiger partial charge in [0.1, 0.15) is 4.75 Å². The Bertz CT molecular complexity index is 609. The molecule has 23 heavy (non-hydrogen) atoms. The standard InChI is InChI=1S/C17H24Cl2N2OS/c1-6-15(19)14(11(2)21-23(22)17(3,4)5)10-12-9-13(18)7-8-16(12)20/h6-11,21H,20H2,1-5H3/b14-10-,15-6+/t11-,23+/m0/s1. The second kappa shape index (κ2) is 8.45. The zero-order chi connectivity index (χ0) is 17.8. The van der Waals surface area contributed by atoms with Crippen molar-refractivity contribution in [1.82, 2.24) is 4.72 Å². The van der Waals surface area contributed by atoms with Crippen LogP contribution in [0.25, 0.3) is 6.08 Å². The molecular formula is C17H24Cl2N2OS. The van der Waals surface area contributed by atoms with E-state index in [1.54, 1.807) is 24.3 Å². The third kappa shape index (κ3) is 6.05. The summed E-state index contributed by atoms with van der Waals surface area (Å²) < 4.78 is 15.1. The van der Waals surface area contributed by atoms with E-state index < -0.39 is 11.4 Å². The summed E-state index contributed by atoms with van der Waals surface area (Å²) in [6.07, 6.45) is 3.67. The summed E-state index contributed by atoms with van der Waals surface area (Å²) in [6, 6.07) is 5.06. The van der Waals surface area contributed by atoms with Gasteiger partial charge >= 0.3 is 0 Å².